The second-order valence-electron chi connectivity index (χ2n) is 7.09. The summed E-state index contributed by atoms with van der Waals surface area (Å²) < 4.78 is 17.1. The van der Waals surface area contributed by atoms with Crippen LogP contribution in [-0.2, 0) is 4.74 Å². The molecule has 2 aliphatic rings. The van der Waals surface area contributed by atoms with Gasteiger partial charge >= 0.3 is 0 Å². The molecule has 24 heavy (non-hydrogen) atoms. The summed E-state index contributed by atoms with van der Waals surface area (Å²) in [7, 11) is 0. The second kappa shape index (κ2) is 6.33. The molecule has 2 aromatic rings. The van der Waals surface area contributed by atoms with Gasteiger partial charge in [0.2, 0.25) is 0 Å². The van der Waals surface area contributed by atoms with Crippen LogP contribution in [0.25, 0.3) is 0 Å². The zero-order chi connectivity index (χ0) is 16.7. The molecule has 0 radical (unpaired) electrons. The second-order valence-corrected chi connectivity index (χ2v) is 7.09. The molecule has 1 N–H and O–H groups in total. The fourth-order valence-electron chi connectivity index (χ4n) is 3.42. The Morgan fingerprint density at radius 3 is 2.79 bits per heavy atom. The van der Waals surface area contributed by atoms with Crippen LogP contribution >= 0.6 is 0 Å². The standard InChI is InChI=1S/C18H25N3O3/c1-10-8-15(12(3)22-10)11(2)19-9-14-6-7-16(23-14)18-20-17(21-24-18)13-4-5-13/h8,11,13-14,16,19H,4-7,9H2,1-3H3/t11?,14-,16+/m1/s1. The van der Waals surface area contributed by atoms with E-state index in [2.05, 4.69) is 28.4 Å². The van der Waals surface area contributed by atoms with Gasteiger partial charge in [0.25, 0.3) is 5.89 Å². The van der Waals surface area contributed by atoms with Gasteiger partial charge in [0.05, 0.1) is 6.10 Å². The molecule has 6 heteroatoms. The highest BCUT2D eigenvalue weighted by atomic mass is 16.5. The van der Waals surface area contributed by atoms with E-state index in [-0.39, 0.29) is 18.2 Å². The molecule has 2 aromatic heterocycles. The monoisotopic (exact) mass is 331 g/mol. The molecule has 6 nitrogen and oxygen atoms in total. The molecular weight excluding hydrogens is 306 g/mol. The van der Waals surface area contributed by atoms with Crippen LogP contribution in [0.1, 0.15) is 79.5 Å². The zero-order valence-corrected chi connectivity index (χ0v) is 14.5. The number of hydrogen-bond donors (Lipinski definition) is 1. The van der Waals surface area contributed by atoms with Crippen LogP contribution in [0, 0.1) is 13.8 Å². The molecule has 4 rings (SSSR count). The number of aromatic nitrogens is 2. The Hall–Kier alpha value is -1.66. The number of hydrogen-bond acceptors (Lipinski definition) is 6. The van der Waals surface area contributed by atoms with Crippen molar-refractivity contribution in [3.63, 3.8) is 0 Å². The third-order valence-corrected chi connectivity index (χ3v) is 4.98. The van der Waals surface area contributed by atoms with E-state index in [9.17, 15) is 0 Å². The lowest BCUT2D eigenvalue weighted by molar-refractivity contribution is 0.0254. The number of aryl methyl sites for hydroxylation is 2. The Bertz CT molecular complexity index is 704. The Balaban J connectivity index is 1.29. The van der Waals surface area contributed by atoms with E-state index in [0.29, 0.717) is 11.8 Å². The minimum absolute atomic E-state index is 0.0509. The Morgan fingerprint density at radius 2 is 2.08 bits per heavy atom. The minimum atomic E-state index is -0.0509. The van der Waals surface area contributed by atoms with E-state index in [1.165, 1.54) is 18.4 Å². The van der Waals surface area contributed by atoms with Crippen molar-refractivity contribution in [1.82, 2.24) is 15.5 Å². The van der Waals surface area contributed by atoms with Gasteiger partial charge in [0.15, 0.2) is 5.82 Å². The Morgan fingerprint density at radius 1 is 1.25 bits per heavy atom. The molecule has 130 valence electrons. The molecule has 0 spiro atoms. The van der Waals surface area contributed by atoms with Crippen LogP contribution in [0.15, 0.2) is 15.0 Å². The van der Waals surface area contributed by atoms with Crippen molar-refractivity contribution >= 4 is 0 Å². The highest BCUT2D eigenvalue weighted by molar-refractivity contribution is 5.23. The van der Waals surface area contributed by atoms with E-state index >= 15 is 0 Å². The van der Waals surface area contributed by atoms with Gasteiger partial charge in [-0.1, -0.05) is 5.16 Å². The van der Waals surface area contributed by atoms with Crippen LogP contribution in [0.5, 0.6) is 0 Å². The first-order valence-electron chi connectivity index (χ1n) is 8.89. The fourth-order valence-corrected chi connectivity index (χ4v) is 3.42. The van der Waals surface area contributed by atoms with E-state index in [0.717, 1.165) is 36.7 Å². The van der Waals surface area contributed by atoms with Gasteiger partial charge in [-0.25, -0.2) is 0 Å². The van der Waals surface area contributed by atoms with E-state index in [1.807, 2.05) is 13.8 Å². The SMILES string of the molecule is Cc1cc(C(C)NC[C@H]2CC[C@@H](c3nc(C4CC4)no3)O2)c(C)o1. The molecule has 1 unspecified atom stereocenters. The number of nitrogens with one attached hydrogen (secondary N) is 1. The largest absolute Gasteiger partial charge is 0.466 e. The molecule has 0 bridgehead atoms. The number of ether oxygens (including phenoxy) is 1. The number of nitrogens with zero attached hydrogens (tertiary/aromatic N) is 2. The molecule has 0 amide bonds. The van der Waals surface area contributed by atoms with Crippen molar-refractivity contribution in [2.45, 2.75) is 70.6 Å². The number of furan rings is 1. The van der Waals surface area contributed by atoms with Crippen LogP contribution in [-0.4, -0.2) is 22.8 Å². The van der Waals surface area contributed by atoms with Crippen molar-refractivity contribution in [2.75, 3.05) is 6.54 Å². The van der Waals surface area contributed by atoms with Gasteiger partial charge in [-0.05, 0) is 52.5 Å². The maximum atomic E-state index is 6.10. The van der Waals surface area contributed by atoms with Crippen LogP contribution in [0.3, 0.4) is 0 Å². The molecule has 1 aliphatic carbocycles. The summed E-state index contributed by atoms with van der Waals surface area (Å²) >= 11 is 0. The lowest BCUT2D eigenvalue weighted by Crippen LogP contribution is -2.29. The summed E-state index contributed by atoms with van der Waals surface area (Å²) in [6.45, 7) is 6.96. The van der Waals surface area contributed by atoms with E-state index < -0.39 is 0 Å². The first-order chi connectivity index (χ1) is 11.6. The Labute approximate surface area is 141 Å². The van der Waals surface area contributed by atoms with Crippen LogP contribution in [0.2, 0.25) is 0 Å². The van der Waals surface area contributed by atoms with E-state index in [4.69, 9.17) is 13.7 Å². The van der Waals surface area contributed by atoms with Crippen LogP contribution < -0.4 is 5.32 Å². The quantitative estimate of drug-likeness (QED) is 0.869. The first kappa shape index (κ1) is 15.8. The summed E-state index contributed by atoms with van der Waals surface area (Å²) in [6.07, 6.45) is 4.45. The third-order valence-electron chi connectivity index (χ3n) is 4.98. The average Bonchev–Trinajstić information content (AvgIpc) is 2.98. The lowest BCUT2D eigenvalue weighted by Gasteiger charge is -2.17. The van der Waals surface area contributed by atoms with Gasteiger partial charge in [0.1, 0.15) is 17.6 Å². The van der Waals surface area contributed by atoms with E-state index in [1.54, 1.807) is 0 Å². The normalized spacial score (nSPS) is 25.3. The van der Waals surface area contributed by atoms with Gasteiger partial charge in [-0.15, -0.1) is 0 Å². The van der Waals surface area contributed by atoms with Gasteiger partial charge < -0.3 is 19.0 Å². The molecule has 3 heterocycles. The summed E-state index contributed by atoms with van der Waals surface area (Å²) in [4.78, 5) is 4.51. The van der Waals surface area contributed by atoms with Crippen molar-refractivity contribution < 1.29 is 13.7 Å². The molecular formula is C18H25N3O3. The first-order valence-corrected chi connectivity index (χ1v) is 8.89. The average molecular weight is 331 g/mol. The van der Waals surface area contributed by atoms with Gasteiger partial charge in [0, 0.05) is 24.1 Å². The lowest BCUT2D eigenvalue weighted by atomic mass is 10.1. The van der Waals surface area contributed by atoms with Crippen LogP contribution in [0.4, 0.5) is 0 Å². The van der Waals surface area contributed by atoms with Gasteiger partial charge in [-0.2, -0.15) is 4.98 Å². The molecule has 1 saturated heterocycles. The predicted molar refractivity (Wildman–Crippen MR) is 87.7 cm³/mol. The topological polar surface area (TPSA) is 73.3 Å². The summed E-state index contributed by atoms with van der Waals surface area (Å²) in [5.41, 5.74) is 1.22. The highest BCUT2D eigenvalue weighted by Crippen LogP contribution is 2.39. The summed E-state index contributed by atoms with van der Waals surface area (Å²) in [6, 6.07) is 2.35. The van der Waals surface area contributed by atoms with Crippen molar-refractivity contribution in [1.29, 1.82) is 0 Å². The van der Waals surface area contributed by atoms with Crippen molar-refractivity contribution in [3.05, 3.63) is 34.9 Å². The molecule has 1 aliphatic heterocycles. The molecule has 3 atom stereocenters. The Kier molecular flexibility index (Phi) is 4.18. The third kappa shape index (κ3) is 3.26. The smallest absolute Gasteiger partial charge is 0.255 e. The van der Waals surface area contributed by atoms with Crippen molar-refractivity contribution in [2.24, 2.45) is 0 Å². The summed E-state index contributed by atoms with van der Waals surface area (Å²) in [5, 5.41) is 7.63. The maximum Gasteiger partial charge on any atom is 0.255 e. The predicted octanol–water partition coefficient (Wildman–Crippen LogP) is 3.73. The highest BCUT2D eigenvalue weighted by Gasteiger charge is 2.34. The molecule has 2 fully saturated rings. The minimum Gasteiger partial charge on any atom is -0.466 e. The van der Waals surface area contributed by atoms with Crippen molar-refractivity contribution in [3.8, 4) is 0 Å². The van der Waals surface area contributed by atoms with Gasteiger partial charge in [-0.3, -0.25) is 0 Å². The fraction of sp³-hybridized carbons (Fsp3) is 0.667. The zero-order valence-electron chi connectivity index (χ0n) is 14.5. The summed E-state index contributed by atoms with van der Waals surface area (Å²) in [5.74, 6) is 3.96. The number of rotatable bonds is 6. The maximum absolute atomic E-state index is 6.10. The molecule has 1 saturated carbocycles. The molecule has 0 aromatic carbocycles.